The maximum absolute atomic E-state index is 6.26. The minimum atomic E-state index is 0.355. The Morgan fingerprint density at radius 3 is 1.25 bits per heavy atom. The van der Waals surface area contributed by atoms with Gasteiger partial charge in [0.1, 0.15) is 6.10 Å². The van der Waals surface area contributed by atoms with Crippen LogP contribution in [-0.2, 0) is 9.47 Å². The number of unbranched alkanes of at least 4 members (excludes halogenated alkanes) is 23. The number of hydrogen-bond acceptors (Lipinski definition) is 2. The number of allylic oxidation sites excluding steroid dienone is 4. The second kappa shape index (κ2) is 31.3. The quantitative estimate of drug-likeness (QED) is 0.0452. The van der Waals surface area contributed by atoms with Crippen LogP contribution in [-0.4, -0.2) is 25.4 Å². The van der Waals surface area contributed by atoms with Crippen LogP contribution in [0.25, 0.3) is 0 Å². The van der Waals surface area contributed by atoms with Crippen LogP contribution >= 0.6 is 0 Å². The van der Waals surface area contributed by atoms with Crippen molar-refractivity contribution in [2.45, 2.75) is 206 Å². The molecular formula is C38H72O2. The second-order valence-corrected chi connectivity index (χ2v) is 12.6. The van der Waals surface area contributed by atoms with Crippen LogP contribution in [0.4, 0.5) is 0 Å². The second-order valence-electron chi connectivity index (χ2n) is 12.6. The van der Waals surface area contributed by atoms with E-state index in [-0.39, 0.29) is 0 Å². The molecule has 0 radical (unpaired) electrons. The summed E-state index contributed by atoms with van der Waals surface area (Å²) < 4.78 is 11.9. The molecule has 2 heteroatoms. The van der Waals surface area contributed by atoms with Crippen molar-refractivity contribution < 1.29 is 9.47 Å². The smallest absolute Gasteiger partial charge is 0.107 e. The summed E-state index contributed by atoms with van der Waals surface area (Å²) in [4.78, 5) is 0. The van der Waals surface area contributed by atoms with Crippen molar-refractivity contribution in [2.24, 2.45) is 0 Å². The number of ether oxygens (including phenoxy) is 2. The van der Waals surface area contributed by atoms with Gasteiger partial charge in [-0.05, 0) is 64.2 Å². The Labute approximate surface area is 252 Å². The lowest BCUT2D eigenvalue weighted by atomic mass is 10.0. The Hall–Kier alpha value is -0.600. The van der Waals surface area contributed by atoms with Gasteiger partial charge in [0, 0.05) is 6.61 Å². The fraction of sp³-hybridized carbons (Fsp3) is 0.895. The lowest BCUT2D eigenvalue weighted by Crippen LogP contribution is -2.20. The normalized spacial score (nSPS) is 16.0. The number of epoxide rings is 1. The van der Waals surface area contributed by atoms with E-state index in [1.165, 1.54) is 180 Å². The van der Waals surface area contributed by atoms with Gasteiger partial charge in [0.05, 0.1) is 12.7 Å². The maximum Gasteiger partial charge on any atom is 0.107 e. The van der Waals surface area contributed by atoms with E-state index in [9.17, 15) is 0 Å². The van der Waals surface area contributed by atoms with Gasteiger partial charge in [-0.3, -0.25) is 0 Å². The molecule has 1 heterocycles. The average Bonchev–Trinajstić information content (AvgIpc) is 3.81. The molecule has 0 spiro atoms. The Kier molecular flexibility index (Phi) is 29.3. The van der Waals surface area contributed by atoms with E-state index in [2.05, 4.69) is 38.2 Å². The standard InChI is InChI=1S/C38H72O2/c1-3-5-7-9-11-13-15-17-19-21-23-25-27-29-31-33-35-39-37(38-36-40-38)34-32-30-28-26-24-22-20-18-16-14-12-10-8-6-4-2/h17-20,37-38H,3-16,21-36H2,1-2H3. The first-order chi connectivity index (χ1) is 19.9. The summed E-state index contributed by atoms with van der Waals surface area (Å²) in [5.41, 5.74) is 0. The van der Waals surface area contributed by atoms with Gasteiger partial charge in [-0.25, -0.2) is 0 Å². The summed E-state index contributed by atoms with van der Waals surface area (Å²) >= 11 is 0. The van der Waals surface area contributed by atoms with Gasteiger partial charge in [-0.1, -0.05) is 154 Å². The van der Waals surface area contributed by atoms with Crippen LogP contribution in [0.1, 0.15) is 194 Å². The monoisotopic (exact) mass is 561 g/mol. The van der Waals surface area contributed by atoms with Gasteiger partial charge in [0.25, 0.3) is 0 Å². The van der Waals surface area contributed by atoms with Gasteiger partial charge in [-0.2, -0.15) is 0 Å². The molecule has 1 aliphatic heterocycles. The lowest BCUT2D eigenvalue weighted by Gasteiger charge is -2.15. The largest absolute Gasteiger partial charge is 0.375 e. The molecule has 0 aliphatic carbocycles. The molecule has 1 rings (SSSR count). The van der Waals surface area contributed by atoms with Gasteiger partial charge < -0.3 is 9.47 Å². The van der Waals surface area contributed by atoms with Crippen molar-refractivity contribution in [3.63, 3.8) is 0 Å². The Balaban J connectivity index is 1.82. The predicted molar refractivity (Wildman–Crippen MR) is 178 cm³/mol. The highest BCUT2D eigenvalue weighted by Gasteiger charge is 2.32. The summed E-state index contributed by atoms with van der Waals surface area (Å²) in [6.45, 7) is 6.43. The summed E-state index contributed by atoms with van der Waals surface area (Å²) in [6, 6.07) is 0. The van der Waals surface area contributed by atoms with Crippen LogP contribution in [0, 0.1) is 0 Å². The summed E-state index contributed by atoms with van der Waals surface area (Å²) in [5.74, 6) is 0. The third kappa shape index (κ3) is 27.6. The lowest BCUT2D eigenvalue weighted by molar-refractivity contribution is 0.0240. The van der Waals surface area contributed by atoms with Crippen molar-refractivity contribution in [3.8, 4) is 0 Å². The summed E-state index contributed by atoms with van der Waals surface area (Å²) in [7, 11) is 0. The van der Waals surface area contributed by atoms with Crippen LogP contribution in [0.2, 0.25) is 0 Å². The van der Waals surface area contributed by atoms with Crippen molar-refractivity contribution in [1.82, 2.24) is 0 Å². The van der Waals surface area contributed by atoms with Crippen molar-refractivity contribution in [2.75, 3.05) is 13.2 Å². The highest BCUT2D eigenvalue weighted by Crippen LogP contribution is 2.23. The molecule has 0 aromatic rings. The molecule has 0 aromatic carbocycles. The van der Waals surface area contributed by atoms with Gasteiger partial charge >= 0.3 is 0 Å². The topological polar surface area (TPSA) is 21.8 Å². The molecule has 0 bridgehead atoms. The summed E-state index contributed by atoms with van der Waals surface area (Å²) in [5, 5.41) is 0. The molecule has 1 fully saturated rings. The zero-order valence-corrected chi connectivity index (χ0v) is 27.5. The zero-order valence-electron chi connectivity index (χ0n) is 27.5. The minimum Gasteiger partial charge on any atom is -0.375 e. The van der Waals surface area contributed by atoms with E-state index in [0.717, 1.165) is 13.2 Å². The molecular weight excluding hydrogens is 488 g/mol. The molecule has 2 nitrogen and oxygen atoms in total. The van der Waals surface area contributed by atoms with E-state index in [0.29, 0.717) is 12.2 Å². The van der Waals surface area contributed by atoms with Crippen LogP contribution in [0.5, 0.6) is 0 Å². The third-order valence-electron chi connectivity index (χ3n) is 8.51. The molecule has 2 unspecified atom stereocenters. The van der Waals surface area contributed by atoms with Crippen LogP contribution < -0.4 is 0 Å². The molecule has 40 heavy (non-hydrogen) atoms. The molecule has 0 N–H and O–H groups in total. The molecule has 1 aliphatic rings. The Bertz CT molecular complexity index is 536. The molecule has 1 saturated heterocycles. The minimum absolute atomic E-state index is 0.355. The van der Waals surface area contributed by atoms with Gasteiger partial charge in [0.2, 0.25) is 0 Å². The highest BCUT2D eigenvalue weighted by molar-refractivity contribution is 4.82. The Morgan fingerprint density at radius 1 is 0.500 bits per heavy atom. The first-order valence-electron chi connectivity index (χ1n) is 18.4. The van der Waals surface area contributed by atoms with E-state index >= 15 is 0 Å². The van der Waals surface area contributed by atoms with Crippen molar-refractivity contribution >= 4 is 0 Å². The fourth-order valence-electron chi connectivity index (χ4n) is 5.65. The number of rotatable bonds is 33. The fourth-order valence-corrected chi connectivity index (χ4v) is 5.65. The SMILES string of the molecule is CCCCCCCCC=CCCCCCCCCOC(CCCCCCCC=CCCCCCCCC)C1CO1. The predicted octanol–water partition coefficient (Wildman–Crippen LogP) is 12.8. The van der Waals surface area contributed by atoms with Crippen molar-refractivity contribution in [3.05, 3.63) is 24.3 Å². The van der Waals surface area contributed by atoms with Crippen LogP contribution in [0.3, 0.4) is 0 Å². The van der Waals surface area contributed by atoms with Crippen LogP contribution in [0.15, 0.2) is 24.3 Å². The zero-order chi connectivity index (χ0) is 28.6. The van der Waals surface area contributed by atoms with Crippen molar-refractivity contribution in [1.29, 1.82) is 0 Å². The van der Waals surface area contributed by atoms with Gasteiger partial charge in [0.15, 0.2) is 0 Å². The molecule has 236 valence electrons. The molecule has 2 atom stereocenters. The highest BCUT2D eigenvalue weighted by atomic mass is 16.6. The maximum atomic E-state index is 6.26. The third-order valence-corrected chi connectivity index (χ3v) is 8.51. The van der Waals surface area contributed by atoms with E-state index < -0.39 is 0 Å². The molecule has 0 amide bonds. The summed E-state index contributed by atoms with van der Waals surface area (Å²) in [6.07, 6.45) is 48.4. The molecule has 0 aromatic heterocycles. The van der Waals surface area contributed by atoms with E-state index in [1.54, 1.807) is 0 Å². The average molecular weight is 561 g/mol. The number of hydrogen-bond donors (Lipinski definition) is 0. The van der Waals surface area contributed by atoms with E-state index in [4.69, 9.17) is 9.47 Å². The first-order valence-corrected chi connectivity index (χ1v) is 18.4. The first kappa shape index (κ1) is 37.4. The van der Waals surface area contributed by atoms with Gasteiger partial charge in [-0.15, -0.1) is 0 Å². The Morgan fingerprint density at radius 2 is 0.850 bits per heavy atom. The molecule has 0 saturated carbocycles. The van der Waals surface area contributed by atoms with E-state index in [1.807, 2.05) is 0 Å².